The second-order valence-electron chi connectivity index (χ2n) is 7.00. The van der Waals surface area contributed by atoms with Gasteiger partial charge in [0.05, 0.1) is 23.8 Å². The molecule has 7 nitrogen and oxygen atoms in total. The first-order chi connectivity index (χ1) is 15.6. The lowest BCUT2D eigenvalue weighted by Gasteiger charge is -2.10. The van der Waals surface area contributed by atoms with Crippen molar-refractivity contribution in [2.75, 3.05) is 11.9 Å². The minimum Gasteiger partial charge on any atom is -0.462 e. The van der Waals surface area contributed by atoms with Crippen LogP contribution in [0, 0.1) is 0 Å². The van der Waals surface area contributed by atoms with E-state index in [1.54, 1.807) is 25.1 Å². The number of hydrogen-bond donors (Lipinski definition) is 1. The van der Waals surface area contributed by atoms with Crippen molar-refractivity contribution in [1.82, 2.24) is 9.55 Å². The Bertz CT molecular complexity index is 1330. The first kappa shape index (κ1) is 21.5. The summed E-state index contributed by atoms with van der Waals surface area (Å²) in [5.74, 6) is -0.796. The van der Waals surface area contributed by atoms with Gasteiger partial charge in [-0.3, -0.25) is 14.2 Å². The Hall–Kier alpha value is -3.78. The van der Waals surface area contributed by atoms with Crippen molar-refractivity contribution >= 4 is 39.1 Å². The minimum absolute atomic E-state index is 0.0563. The van der Waals surface area contributed by atoms with E-state index < -0.39 is 5.97 Å². The number of carbonyl (C=O) groups is 2. The summed E-state index contributed by atoms with van der Waals surface area (Å²) in [6.45, 7) is 2.14. The monoisotopic (exact) mass is 447 g/mol. The molecule has 0 spiro atoms. The Morgan fingerprint density at radius 2 is 1.84 bits per heavy atom. The van der Waals surface area contributed by atoms with Crippen molar-refractivity contribution in [3.63, 3.8) is 0 Å². The van der Waals surface area contributed by atoms with Gasteiger partial charge in [-0.25, -0.2) is 9.78 Å². The molecule has 1 amide bonds. The van der Waals surface area contributed by atoms with Crippen LogP contribution in [0.15, 0.2) is 71.1 Å². The zero-order valence-electron chi connectivity index (χ0n) is 17.4. The second-order valence-corrected chi connectivity index (χ2v) is 7.88. The van der Waals surface area contributed by atoms with Gasteiger partial charge >= 0.3 is 5.97 Å². The molecule has 162 valence electrons. The SMILES string of the molecule is CCOC(=O)c1c(-c2ccccc2)csc1NC(=O)CCn1cnc2ccccc2c1=O. The normalized spacial score (nSPS) is 10.8. The molecule has 0 atom stereocenters. The fourth-order valence-electron chi connectivity index (χ4n) is 3.36. The quantitative estimate of drug-likeness (QED) is 0.426. The number of hydrogen-bond acceptors (Lipinski definition) is 6. The van der Waals surface area contributed by atoms with E-state index in [-0.39, 0.29) is 31.0 Å². The Morgan fingerprint density at radius 3 is 2.62 bits per heavy atom. The summed E-state index contributed by atoms with van der Waals surface area (Å²) < 4.78 is 6.63. The van der Waals surface area contributed by atoms with Gasteiger partial charge in [0.25, 0.3) is 5.56 Å². The molecule has 0 aliphatic rings. The average Bonchev–Trinajstić information content (AvgIpc) is 3.23. The Labute approximate surface area is 188 Å². The molecule has 4 rings (SSSR count). The van der Waals surface area contributed by atoms with Crippen LogP contribution in [-0.2, 0) is 16.1 Å². The predicted molar refractivity (Wildman–Crippen MR) is 125 cm³/mol. The fraction of sp³-hybridized carbons (Fsp3) is 0.167. The number of amides is 1. The highest BCUT2D eigenvalue weighted by Gasteiger charge is 2.22. The predicted octanol–water partition coefficient (Wildman–Crippen LogP) is 4.33. The number of thiophene rings is 1. The molecule has 8 heteroatoms. The topological polar surface area (TPSA) is 90.3 Å². The van der Waals surface area contributed by atoms with E-state index in [0.29, 0.717) is 27.0 Å². The van der Waals surface area contributed by atoms with E-state index in [4.69, 9.17) is 4.74 Å². The number of ether oxygens (including phenoxy) is 1. The molecule has 2 aromatic heterocycles. The Balaban J connectivity index is 1.53. The summed E-state index contributed by atoms with van der Waals surface area (Å²) in [5, 5.41) is 5.57. The average molecular weight is 448 g/mol. The number of para-hydroxylation sites is 1. The molecule has 0 fully saturated rings. The number of nitrogens with one attached hydrogen (secondary N) is 1. The van der Waals surface area contributed by atoms with Crippen LogP contribution in [0.3, 0.4) is 0 Å². The van der Waals surface area contributed by atoms with Gasteiger partial charge in [0.2, 0.25) is 5.91 Å². The van der Waals surface area contributed by atoms with Gasteiger partial charge < -0.3 is 10.1 Å². The van der Waals surface area contributed by atoms with E-state index >= 15 is 0 Å². The molecule has 4 aromatic rings. The number of anilines is 1. The van der Waals surface area contributed by atoms with Crippen molar-refractivity contribution in [2.24, 2.45) is 0 Å². The maximum absolute atomic E-state index is 12.6. The van der Waals surface area contributed by atoms with Gasteiger partial charge in [0, 0.05) is 23.9 Å². The maximum atomic E-state index is 12.6. The van der Waals surface area contributed by atoms with Crippen molar-refractivity contribution in [3.8, 4) is 11.1 Å². The van der Waals surface area contributed by atoms with Gasteiger partial charge in [-0.2, -0.15) is 0 Å². The highest BCUT2D eigenvalue weighted by Crippen LogP contribution is 2.36. The third kappa shape index (κ3) is 4.45. The first-order valence-corrected chi connectivity index (χ1v) is 11.0. The smallest absolute Gasteiger partial charge is 0.341 e. The highest BCUT2D eigenvalue weighted by atomic mass is 32.1. The van der Waals surface area contributed by atoms with Crippen LogP contribution in [0.5, 0.6) is 0 Å². The zero-order chi connectivity index (χ0) is 22.5. The van der Waals surface area contributed by atoms with Crippen LogP contribution in [0.2, 0.25) is 0 Å². The van der Waals surface area contributed by atoms with Crippen LogP contribution in [0.4, 0.5) is 5.00 Å². The lowest BCUT2D eigenvalue weighted by Crippen LogP contribution is -2.23. The Morgan fingerprint density at radius 1 is 1.09 bits per heavy atom. The highest BCUT2D eigenvalue weighted by molar-refractivity contribution is 7.15. The molecule has 0 bridgehead atoms. The number of rotatable bonds is 7. The van der Waals surface area contributed by atoms with Crippen LogP contribution in [0.1, 0.15) is 23.7 Å². The number of nitrogens with zero attached hydrogens (tertiary/aromatic N) is 2. The number of aryl methyl sites for hydroxylation is 1. The van der Waals surface area contributed by atoms with Gasteiger partial charge in [-0.15, -0.1) is 11.3 Å². The number of esters is 1. The molecular weight excluding hydrogens is 426 g/mol. The molecule has 32 heavy (non-hydrogen) atoms. The van der Waals surface area contributed by atoms with Crippen molar-refractivity contribution in [3.05, 3.63) is 82.2 Å². The number of aromatic nitrogens is 2. The summed E-state index contributed by atoms with van der Waals surface area (Å²) in [6, 6.07) is 16.5. The Kier molecular flexibility index (Phi) is 6.42. The molecule has 0 aliphatic heterocycles. The maximum Gasteiger partial charge on any atom is 0.341 e. The minimum atomic E-state index is -0.488. The van der Waals surface area contributed by atoms with E-state index in [2.05, 4.69) is 10.3 Å². The van der Waals surface area contributed by atoms with Crippen LogP contribution >= 0.6 is 11.3 Å². The van der Waals surface area contributed by atoms with Gasteiger partial charge in [-0.1, -0.05) is 42.5 Å². The van der Waals surface area contributed by atoms with Crippen molar-refractivity contribution < 1.29 is 14.3 Å². The van der Waals surface area contributed by atoms with Crippen molar-refractivity contribution in [1.29, 1.82) is 0 Å². The van der Waals surface area contributed by atoms with E-state index in [0.717, 1.165) is 5.56 Å². The van der Waals surface area contributed by atoms with Gasteiger partial charge in [-0.05, 0) is 24.6 Å². The molecule has 0 saturated carbocycles. The van der Waals surface area contributed by atoms with Crippen LogP contribution in [-0.4, -0.2) is 28.0 Å². The third-order valence-electron chi connectivity index (χ3n) is 4.92. The fourth-order valence-corrected chi connectivity index (χ4v) is 4.34. The standard InChI is InChI=1S/C24H21N3O4S/c1-2-31-24(30)21-18(16-8-4-3-5-9-16)14-32-22(21)26-20(28)12-13-27-15-25-19-11-7-6-10-17(19)23(27)29/h3-11,14-15H,2,12-13H2,1H3,(H,26,28). The molecule has 0 aliphatic carbocycles. The summed E-state index contributed by atoms with van der Waals surface area (Å²) in [4.78, 5) is 42.2. The first-order valence-electron chi connectivity index (χ1n) is 10.2. The summed E-state index contributed by atoms with van der Waals surface area (Å²) in [5.41, 5.74) is 2.32. The van der Waals surface area contributed by atoms with E-state index in [9.17, 15) is 14.4 Å². The number of benzene rings is 2. The summed E-state index contributed by atoms with van der Waals surface area (Å²) in [7, 11) is 0. The molecular formula is C24H21N3O4S. The molecule has 2 aromatic carbocycles. The summed E-state index contributed by atoms with van der Waals surface area (Å²) >= 11 is 1.27. The lowest BCUT2D eigenvalue weighted by molar-refractivity contribution is -0.116. The molecule has 0 radical (unpaired) electrons. The third-order valence-corrected chi connectivity index (χ3v) is 5.82. The van der Waals surface area contributed by atoms with Crippen LogP contribution < -0.4 is 10.9 Å². The van der Waals surface area contributed by atoms with Gasteiger partial charge in [0.15, 0.2) is 0 Å². The number of fused-ring (bicyclic) bond motifs is 1. The molecule has 2 heterocycles. The van der Waals surface area contributed by atoms with E-state index in [1.807, 2.05) is 41.8 Å². The molecule has 0 unspecified atom stereocenters. The van der Waals surface area contributed by atoms with E-state index in [1.165, 1.54) is 22.2 Å². The number of carbonyl (C=O) groups excluding carboxylic acids is 2. The van der Waals surface area contributed by atoms with Crippen molar-refractivity contribution in [2.45, 2.75) is 19.9 Å². The van der Waals surface area contributed by atoms with Crippen LogP contribution in [0.25, 0.3) is 22.0 Å². The second kappa shape index (κ2) is 9.57. The molecule has 1 N–H and O–H groups in total. The van der Waals surface area contributed by atoms with Gasteiger partial charge in [0.1, 0.15) is 10.6 Å². The zero-order valence-corrected chi connectivity index (χ0v) is 18.2. The summed E-state index contributed by atoms with van der Waals surface area (Å²) in [6.07, 6.45) is 1.50. The largest absolute Gasteiger partial charge is 0.462 e. The lowest BCUT2D eigenvalue weighted by atomic mass is 10.0. The molecule has 0 saturated heterocycles.